The Labute approximate surface area is 191 Å². The van der Waals surface area contributed by atoms with Crippen LogP contribution in [0, 0.1) is 5.82 Å². The number of sulfonamides is 1. The smallest absolute Gasteiger partial charge is 0.225 e. The molecule has 0 saturated carbocycles. The van der Waals surface area contributed by atoms with Crippen molar-refractivity contribution in [3.05, 3.63) is 66.0 Å². The molecule has 3 heterocycles. The Hall–Kier alpha value is -3.22. The monoisotopic (exact) mass is 472 g/mol. The van der Waals surface area contributed by atoms with Crippen LogP contribution in [0.5, 0.6) is 0 Å². The number of nitrogens with one attached hydrogen (secondary N) is 4. The van der Waals surface area contributed by atoms with Gasteiger partial charge in [-0.25, -0.2) is 27.5 Å². The normalized spacial score (nSPS) is 18.9. The van der Waals surface area contributed by atoms with Gasteiger partial charge in [-0.05, 0) is 31.5 Å². The summed E-state index contributed by atoms with van der Waals surface area (Å²) in [4.78, 5) is 17.4. The van der Waals surface area contributed by atoms with E-state index >= 15 is 0 Å². The lowest BCUT2D eigenvalue weighted by Gasteiger charge is -2.38. The summed E-state index contributed by atoms with van der Waals surface area (Å²) >= 11 is 0. The molecule has 1 aliphatic heterocycles. The minimum absolute atomic E-state index is 0.00145. The summed E-state index contributed by atoms with van der Waals surface area (Å²) < 4.78 is 40.1. The van der Waals surface area contributed by atoms with Gasteiger partial charge in [-0.15, -0.1) is 0 Å². The zero-order valence-electron chi connectivity index (χ0n) is 18.2. The SMILES string of the molecule is CCS(=O)(=O)NC1CN[C@@H]1c1cc(Nc2cnccn2)nc(NC(C)c2ccc(F)cc2)n1. The molecule has 1 aromatic carbocycles. The summed E-state index contributed by atoms with van der Waals surface area (Å²) in [6, 6.07) is 7.08. The van der Waals surface area contributed by atoms with Crippen molar-refractivity contribution in [2.24, 2.45) is 0 Å². The highest BCUT2D eigenvalue weighted by Crippen LogP contribution is 2.27. The lowest BCUT2D eigenvalue weighted by molar-refractivity contribution is 0.291. The van der Waals surface area contributed by atoms with E-state index in [0.717, 1.165) is 5.56 Å². The number of nitrogens with zero attached hydrogens (tertiary/aromatic N) is 4. The molecule has 10 nitrogen and oxygen atoms in total. The fraction of sp³-hybridized carbons (Fsp3) is 0.333. The van der Waals surface area contributed by atoms with Gasteiger partial charge < -0.3 is 16.0 Å². The Kier molecular flexibility index (Phi) is 6.77. The van der Waals surface area contributed by atoms with Crippen molar-refractivity contribution in [3.63, 3.8) is 0 Å². The molecule has 0 bridgehead atoms. The van der Waals surface area contributed by atoms with Gasteiger partial charge >= 0.3 is 0 Å². The lowest BCUT2D eigenvalue weighted by atomic mass is 9.97. The molecule has 174 valence electrons. The summed E-state index contributed by atoms with van der Waals surface area (Å²) in [6.45, 7) is 4.00. The lowest BCUT2D eigenvalue weighted by Crippen LogP contribution is -2.59. The zero-order chi connectivity index (χ0) is 23.4. The van der Waals surface area contributed by atoms with Crippen LogP contribution in [-0.2, 0) is 10.0 Å². The van der Waals surface area contributed by atoms with Crippen molar-refractivity contribution in [2.45, 2.75) is 32.0 Å². The molecule has 4 N–H and O–H groups in total. The van der Waals surface area contributed by atoms with Crippen LogP contribution in [0.25, 0.3) is 0 Å². The average Bonchev–Trinajstić information content (AvgIpc) is 2.78. The number of anilines is 3. The highest BCUT2D eigenvalue weighted by atomic mass is 32.2. The van der Waals surface area contributed by atoms with Crippen molar-refractivity contribution >= 4 is 27.6 Å². The van der Waals surface area contributed by atoms with Crippen molar-refractivity contribution in [3.8, 4) is 0 Å². The number of rotatable bonds is 9. The first kappa shape index (κ1) is 23.0. The second-order valence-corrected chi connectivity index (χ2v) is 9.69. The molecule has 12 heteroatoms. The zero-order valence-corrected chi connectivity index (χ0v) is 19.0. The Morgan fingerprint density at radius 1 is 1.18 bits per heavy atom. The number of hydrogen-bond acceptors (Lipinski definition) is 9. The maximum atomic E-state index is 13.3. The fourth-order valence-electron chi connectivity index (χ4n) is 3.37. The molecule has 1 saturated heterocycles. The Balaban J connectivity index is 1.61. The summed E-state index contributed by atoms with van der Waals surface area (Å²) in [5.74, 6) is 1.00. The van der Waals surface area contributed by atoms with Crippen LogP contribution in [0.4, 0.5) is 22.0 Å². The number of hydrogen-bond donors (Lipinski definition) is 4. The summed E-state index contributed by atoms with van der Waals surface area (Å²) in [6.07, 6.45) is 4.69. The second kappa shape index (κ2) is 9.73. The Bertz CT molecular complexity index is 1190. The first-order chi connectivity index (χ1) is 15.8. The molecule has 1 fully saturated rings. The first-order valence-electron chi connectivity index (χ1n) is 10.5. The molecule has 3 aromatic rings. The molecular weight excluding hydrogens is 447 g/mol. The van der Waals surface area contributed by atoms with E-state index in [1.165, 1.54) is 12.1 Å². The third-order valence-corrected chi connectivity index (χ3v) is 6.69. The van der Waals surface area contributed by atoms with Crippen molar-refractivity contribution in [1.29, 1.82) is 0 Å². The molecule has 2 unspecified atom stereocenters. The van der Waals surface area contributed by atoms with Gasteiger partial charge in [-0.2, -0.15) is 4.98 Å². The van der Waals surface area contributed by atoms with Gasteiger partial charge in [0.25, 0.3) is 0 Å². The van der Waals surface area contributed by atoms with Crippen molar-refractivity contribution < 1.29 is 12.8 Å². The topological polar surface area (TPSA) is 134 Å². The summed E-state index contributed by atoms with van der Waals surface area (Å²) in [7, 11) is -3.36. The highest BCUT2D eigenvalue weighted by molar-refractivity contribution is 7.89. The number of halogens is 1. The van der Waals surface area contributed by atoms with Crippen LogP contribution in [-0.4, -0.2) is 46.7 Å². The molecule has 0 amide bonds. The molecule has 0 radical (unpaired) electrons. The molecule has 3 atom stereocenters. The van der Waals surface area contributed by atoms with Gasteiger partial charge in [0, 0.05) is 25.0 Å². The third kappa shape index (κ3) is 5.78. The quantitative estimate of drug-likeness (QED) is 0.370. The minimum atomic E-state index is -3.36. The average molecular weight is 473 g/mol. The Morgan fingerprint density at radius 3 is 2.61 bits per heavy atom. The maximum absolute atomic E-state index is 13.3. The van der Waals surface area contributed by atoms with E-state index in [-0.39, 0.29) is 29.7 Å². The van der Waals surface area contributed by atoms with Crippen LogP contribution in [0.15, 0.2) is 48.9 Å². The second-order valence-electron chi connectivity index (χ2n) is 7.65. The van der Waals surface area contributed by atoms with E-state index in [4.69, 9.17) is 0 Å². The molecule has 0 spiro atoms. The van der Waals surface area contributed by atoms with Crippen LogP contribution >= 0.6 is 0 Å². The van der Waals surface area contributed by atoms with Crippen LogP contribution in [0.2, 0.25) is 0 Å². The maximum Gasteiger partial charge on any atom is 0.225 e. The van der Waals surface area contributed by atoms with E-state index in [1.807, 2.05) is 6.92 Å². The minimum Gasteiger partial charge on any atom is -0.348 e. The molecule has 1 aliphatic rings. The molecule has 0 aliphatic carbocycles. The Morgan fingerprint density at radius 2 is 1.97 bits per heavy atom. The van der Waals surface area contributed by atoms with Gasteiger partial charge in [0.2, 0.25) is 16.0 Å². The number of aromatic nitrogens is 4. The summed E-state index contributed by atoms with van der Waals surface area (Å²) in [5, 5.41) is 9.56. The standard InChI is InChI=1S/C21H25FN8O2S/c1-3-33(31,32)30-17-11-25-20(17)16-10-18(28-19-12-23-8-9-24-19)29-21(27-16)26-13(2)14-4-6-15(22)7-5-14/h4-10,12-13,17,20,25,30H,3,11H2,1-2H3,(H2,24,26,27,28,29)/t13?,17?,20-/m1/s1. The predicted molar refractivity (Wildman–Crippen MR) is 123 cm³/mol. The van der Waals surface area contributed by atoms with E-state index in [0.29, 0.717) is 29.8 Å². The molecule has 4 rings (SSSR count). The molecule has 33 heavy (non-hydrogen) atoms. The van der Waals surface area contributed by atoms with Crippen LogP contribution in [0.3, 0.4) is 0 Å². The van der Waals surface area contributed by atoms with Crippen LogP contribution in [0.1, 0.15) is 37.2 Å². The van der Waals surface area contributed by atoms with Gasteiger partial charge in [0.05, 0.1) is 35.8 Å². The predicted octanol–water partition coefficient (Wildman–Crippen LogP) is 2.27. The van der Waals surface area contributed by atoms with Gasteiger partial charge in [-0.3, -0.25) is 4.98 Å². The van der Waals surface area contributed by atoms with Gasteiger partial charge in [0.1, 0.15) is 17.5 Å². The molecular formula is C21H25FN8O2S. The fourth-order valence-corrected chi connectivity index (χ4v) is 4.21. The first-order valence-corrected chi connectivity index (χ1v) is 12.2. The molecule has 2 aromatic heterocycles. The van der Waals surface area contributed by atoms with Crippen molar-refractivity contribution in [2.75, 3.05) is 22.9 Å². The van der Waals surface area contributed by atoms with E-state index in [1.54, 1.807) is 43.7 Å². The van der Waals surface area contributed by atoms with E-state index in [9.17, 15) is 12.8 Å². The van der Waals surface area contributed by atoms with Crippen molar-refractivity contribution in [1.82, 2.24) is 30.0 Å². The third-order valence-electron chi connectivity index (χ3n) is 5.27. The van der Waals surface area contributed by atoms with Gasteiger partial charge in [0.15, 0.2) is 0 Å². The summed E-state index contributed by atoms with van der Waals surface area (Å²) in [5.41, 5.74) is 1.48. The number of benzene rings is 1. The van der Waals surface area contributed by atoms with Gasteiger partial charge in [-0.1, -0.05) is 12.1 Å². The van der Waals surface area contributed by atoms with Crippen LogP contribution < -0.4 is 20.7 Å². The highest BCUT2D eigenvalue weighted by Gasteiger charge is 2.36. The van der Waals surface area contributed by atoms with E-state index in [2.05, 4.69) is 40.6 Å². The largest absolute Gasteiger partial charge is 0.348 e. The van der Waals surface area contributed by atoms with E-state index < -0.39 is 10.0 Å².